The Morgan fingerprint density at radius 3 is 2.41 bits per heavy atom. The third kappa shape index (κ3) is 4.36. The number of anilines is 1. The Hall–Kier alpha value is -3.52. The highest BCUT2D eigenvalue weighted by atomic mass is 16.6. The van der Waals surface area contributed by atoms with Crippen molar-refractivity contribution in [3.63, 3.8) is 0 Å². The first kappa shape index (κ1) is 18.3. The fraction of sp³-hybridized carbons (Fsp3) is 0.182. The van der Waals surface area contributed by atoms with Crippen LogP contribution in [0.3, 0.4) is 0 Å². The Balaban J connectivity index is 1.94. The van der Waals surface area contributed by atoms with Crippen LogP contribution < -0.4 is 10.5 Å². The average molecular weight is 360 g/mol. The van der Waals surface area contributed by atoms with Crippen molar-refractivity contribution in [3.8, 4) is 17.6 Å². The van der Waals surface area contributed by atoms with E-state index in [2.05, 4.69) is 6.07 Å². The van der Waals surface area contributed by atoms with Gasteiger partial charge in [0.25, 0.3) is 0 Å². The predicted molar refractivity (Wildman–Crippen MR) is 105 cm³/mol. The van der Waals surface area contributed by atoms with Crippen molar-refractivity contribution < 1.29 is 14.3 Å². The molecule has 0 aliphatic heterocycles. The third-order valence-corrected chi connectivity index (χ3v) is 3.79. The molecule has 0 fully saturated rings. The molecule has 0 amide bonds. The molecule has 0 atom stereocenters. The largest absolute Gasteiger partial charge is 0.456 e. The number of nitrogens with two attached hydrogens (primary N) is 1. The molecule has 2 N–H and O–H groups in total. The van der Waals surface area contributed by atoms with Gasteiger partial charge in [-0.3, -0.25) is 0 Å². The van der Waals surface area contributed by atoms with Crippen LogP contribution in [-0.2, 0) is 4.74 Å². The summed E-state index contributed by atoms with van der Waals surface area (Å²) in [6.07, 6.45) is 0. The molecule has 0 heterocycles. The highest BCUT2D eigenvalue weighted by Gasteiger charge is 2.21. The van der Waals surface area contributed by atoms with E-state index in [4.69, 9.17) is 20.5 Å². The molecular weight excluding hydrogens is 340 g/mol. The second-order valence-electron chi connectivity index (χ2n) is 7.20. The number of benzene rings is 3. The maximum Gasteiger partial charge on any atom is 0.342 e. The Kier molecular flexibility index (Phi) is 4.74. The molecule has 0 aliphatic rings. The van der Waals surface area contributed by atoms with Gasteiger partial charge in [-0.1, -0.05) is 12.1 Å². The van der Waals surface area contributed by atoms with E-state index in [1.54, 1.807) is 51.1 Å². The van der Waals surface area contributed by atoms with E-state index in [9.17, 15) is 4.79 Å². The lowest BCUT2D eigenvalue weighted by atomic mass is 10.1. The number of nitrogens with zero attached hydrogens (tertiary/aromatic N) is 1. The number of ether oxygens (including phenoxy) is 2. The maximum atomic E-state index is 12.5. The van der Waals surface area contributed by atoms with Gasteiger partial charge < -0.3 is 15.2 Å². The Morgan fingerprint density at radius 1 is 1.00 bits per heavy atom. The molecule has 0 radical (unpaired) electrons. The van der Waals surface area contributed by atoms with Gasteiger partial charge in [-0.25, -0.2) is 4.79 Å². The van der Waals surface area contributed by atoms with Gasteiger partial charge in [0, 0.05) is 5.69 Å². The number of fused-ring (bicyclic) bond motifs is 1. The van der Waals surface area contributed by atoms with E-state index in [0.717, 1.165) is 10.8 Å². The molecule has 0 saturated heterocycles. The minimum atomic E-state index is -0.625. The summed E-state index contributed by atoms with van der Waals surface area (Å²) >= 11 is 0. The van der Waals surface area contributed by atoms with Crippen LogP contribution >= 0.6 is 0 Å². The minimum absolute atomic E-state index is 0.268. The molecule has 0 aromatic heterocycles. The molecular formula is C22H20N2O3. The molecule has 0 unspecified atom stereocenters. The number of nitrogen functional groups attached to an aromatic ring is 1. The van der Waals surface area contributed by atoms with Gasteiger partial charge in [0.1, 0.15) is 22.7 Å². The smallest absolute Gasteiger partial charge is 0.342 e. The summed E-state index contributed by atoms with van der Waals surface area (Å²) in [6, 6.07) is 17.9. The molecule has 3 rings (SSSR count). The molecule has 0 bridgehead atoms. The number of esters is 1. The van der Waals surface area contributed by atoms with E-state index in [-0.39, 0.29) is 5.56 Å². The van der Waals surface area contributed by atoms with Gasteiger partial charge >= 0.3 is 5.97 Å². The van der Waals surface area contributed by atoms with E-state index < -0.39 is 11.6 Å². The van der Waals surface area contributed by atoms with Crippen molar-refractivity contribution in [1.82, 2.24) is 0 Å². The van der Waals surface area contributed by atoms with Crippen LogP contribution in [0.25, 0.3) is 10.8 Å². The molecule has 27 heavy (non-hydrogen) atoms. The fourth-order valence-corrected chi connectivity index (χ4v) is 2.61. The summed E-state index contributed by atoms with van der Waals surface area (Å²) in [5, 5.41) is 10.9. The summed E-state index contributed by atoms with van der Waals surface area (Å²) in [4.78, 5) is 12.5. The Morgan fingerprint density at radius 2 is 1.70 bits per heavy atom. The van der Waals surface area contributed by atoms with Crippen molar-refractivity contribution >= 4 is 22.4 Å². The zero-order valence-electron chi connectivity index (χ0n) is 15.4. The van der Waals surface area contributed by atoms with Crippen LogP contribution in [0.2, 0.25) is 0 Å². The second kappa shape index (κ2) is 7.00. The van der Waals surface area contributed by atoms with Crippen LogP contribution in [0.4, 0.5) is 5.69 Å². The van der Waals surface area contributed by atoms with Crippen LogP contribution in [0.15, 0.2) is 54.6 Å². The number of hydrogen-bond acceptors (Lipinski definition) is 5. The lowest BCUT2D eigenvalue weighted by molar-refractivity contribution is 0.00672. The van der Waals surface area contributed by atoms with E-state index >= 15 is 0 Å². The van der Waals surface area contributed by atoms with E-state index in [1.165, 1.54) is 0 Å². The molecule has 136 valence electrons. The summed E-state index contributed by atoms with van der Waals surface area (Å²) in [6.45, 7) is 5.41. The van der Waals surface area contributed by atoms with E-state index in [0.29, 0.717) is 22.7 Å². The van der Waals surface area contributed by atoms with Gasteiger partial charge in [-0.15, -0.1) is 0 Å². The van der Waals surface area contributed by atoms with Crippen LogP contribution in [0.1, 0.15) is 36.7 Å². The highest BCUT2D eigenvalue weighted by Crippen LogP contribution is 2.31. The lowest BCUT2D eigenvalue weighted by Crippen LogP contribution is -2.24. The molecule has 5 heteroatoms. The van der Waals surface area contributed by atoms with Crippen LogP contribution in [0, 0.1) is 11.3 Å². The predicted octanol–water partition coefficient (Wildman–Crippen LogP) is 5.04. The zero-order chi connectivity index (χ0) is 19.6. The third-order valence-electron chi connectivity index (χ3n) is 3.79. The molecule has 0 spiro atoms. The summed E-state index contributed by atoms with van der Waals surface area (Å²) < 4.78 is 11.4. The molecule has 0 aliphatic carbocycles. The van der Waals surface area contributed by atoms with Crippen molar-refractivity contribution in [2.24, 2.45) is 0 Å². The number of nitriles is 1. The van der Waals surface area contributed by atoms with Crippen molar-refractivity contribution in [3.05, 3.63) is 65.7 Å². The SMILES string of the molecule is CC(C)(C)OC(=O)c1cc(N)ccc1Oc1ccc2cc(C#N)ccc2c1. The number of rotatable bonds is 3. The van der Waals surface area contributed by atoms with Gasteiger partial charge in [-0.2, -0.15) is 5.26 Å². The Labute approximate surface area is 157 Å². The van der Waals surface area contributed by atoms with Gasteiger partial charge in [0.15, 0.2) is 0 Å². The van der Waals surface area contributed by atoms with Gasteiger partial charge in [0.05, 0.1) is 11.6 Å². The first-order chi connectivity index (χ1) is 12.7. The molecule has 3 aromatic rings. The van der Waals surface area contributed by atoms with Crippen LogP contribution in [-0.4, -0.2) is 11.6 Å². The van der Waals surface area contributed by atoms with E-state index in [1.807, 2.05) is 24.3 Å². The number of carbonyl (C=O) groups excluding carboxylic acids is 1. The lowest BCUT2D eigenvalue weighted by Gasteiger charge is -2.20. The minimum Gasteiger partial charge on any atom is -0.456 e. The summed E-state index contributed by atoms with van der Waals surface area (Å²) in [5.74, 6) is 0.442. The number of hydrogen-bond donors (Lipinski definition) is 1. The normalized spacial score (nSPS) is 11.0. The maximum absolute atomic E-state index is 12.5. The molecule has 3 aromatic carbocycles. The Bertz CT molecular complexity index is 1060. The van der Waals surface area contributed by atoms with Crippen molar-refractivity contribution in [2.75, 3.05) is 5.73 Å². The standard InChI is InChI=1S/C22H20N2O3/c1-22(2,3)27-21(25)19-12-17(24)7-9-20(19)26-18-8-6-15-10-14(13-23)4-5-16(15)11-18/h4-12H,24H2,1-3H3. The van der Waals surface area contributed by atoms with Gasteiger partial charge in [0.2, 0.25) is 0 Å². The molecule has 0 saturated carbocycles. The monoisotopic (exact) mass is 360 g/mol. The zero-order valence-corrected chi connectivity index (χ0v) is 15.4. The van der Waals surface area contributed by atoms with Crippen molar-refractivity contribution in [2.45, 2.75) is 26.4 Å². The number of carbonyl (C=O) groups is 1. The summed E-state index contributed by atoms with van der Waals surface area (Å²) in [5.41, 5.74) is 6.53. The molecule has 5 nitrogen and oxygen atoms in total. The second-order valence-corrected chi connectivity index (χ2v) is 7.20. The topological polar surface area (TPSA) is 85.3 Å². The highest BCUT2D eigenvalue weighted by molar-refractivity contribution is 5.94. The quantitative estimate of drug-likeness (QED) is 0.522. The first-order valence-corrected chi connectivity index (χ1v) is 8.50. The summed E-state index contributed by atoms with van der Waals surface area (Å²) in [7, 11) is 0. The van der Waals surface area contributed by atoms with Gasteiger partial charge in [-0.05, 0) is 74.0 Å². The fourth-order valence-electron chi connectivity index (χ4n) is 2.61. The van der Waals surface area contributed by atoms with Crippen molar-refractivity contribution in [1.29, 1.82) is 5.26 Å². The first-order valence-electron chi connectivity index (χ1n) is 8.50. The van der Waals surface area contributed by atoms with Crippen LogP contribution in [0.5, 0.6) is 11.5 Å². The average Bonchev–Trinajstić information content (AvgIpc) is 2.61.